The lowest BCUT2D eigenvalue weighted by Gasteiger charge is -2.27. The van der Waals surface area contributed by atoms with Gasteiger partial charge in [0.05, 0.1) is 12.1 Å². The third kappa shape index (κ3) is 7.72. The number of hydrogen-bond donors (Lipinski definition) is 3. The molecule has 2 aromatic rings. The lowest BCUT2D eigenvalue weighted by atomic mass is 9.95. The van der Waals surface area contributed by atoms with Gasteiger partial charge in [-0.2, -0.15) is 0 Å². The highest BCUT2D eigenvalue weighted by atomic mass is 32.1. The smallest absolute Gasteiger partial charge is 0.329 e. The van der Waals surface area contributed by atoms with E-state index in [2.05, 4.69) is 15.6 Å². The van der Waals surface area contributed by atoms with E-state index in [9.17, 15) is 19.5 Å². The Hall–Kier alpha value is -3.04. The molecule has 2 heterocycles. The maximum atomic E-state index is 13.4. The lowest BCUT2D eigenvalue weighted by Crippen LogP contribution is -2.45. The van der Waals surface area contributed by atoms with Crippen LogP contribution < -0.4 is 10.6 Å². The number of nitrogens with one attached hydrogen (secondary N) is 2. The second-order valence-electron chi connectivity index (χ2n) is 9.96. The molecule has 200 valence electrons. The molecule has 0 saturated carbocycles. The first-order chi connectivity index (χ1) is 17.6. The Kier molecular flexibility index (Phi) is 10.00. The normalized spacial score (nSPS) is 24.3. The highest BCUT2D eigenvalue weighted by molar-refractivity contribution is 7.09. The minimum absolute atomic E-state index is 0.0371. The summed E-state index contributed by atoms with van der Waals surface area (Å²) in [5.41, 5.74) is 1.52. The van der Waals surface area contributed by atoms with Gasteiger partial charge in [-0.05, 0) is 24.8 Å². The van der Waals surface area contributed by atoms with Gasteiger partial charge in [0.1, 0.15) is 22.8 Å². The fraction of sp³-hybridized carbons (Fsp3) is 0.500. The third-order valence-corrected chi connectivity index (χ3v) is 7.47. The van der Waals surface area contributed by atoms with Crippen LogP contribution in [0.25, 0.3) is 0 Å². The number of thiazole rings is 1. The zero-order valence-electron chi connectivity index (χ0n) is 22.1. The van der Waals surface area contributed by atoms with Crippen molar-refractivity contribution in [3.63, 3.8) is 0 Å². The Morgan fingerprint density at radius 1 is 1.11 bits per heavy atom. The number of nitrogens with zero attached hydrogens (tertiary/aromatic N) is 1. The fourth-order valence-electron chi connectivity index (χ4n) is 4.19. The summed E-state index contributed by atoms with van der Waals surface area (Å²) in [6.45, 7) is 9.38. The van der Waals surface area contributed by atoms with Gasteiger partial charge < -0.3 is 20.5 Å². The van der Waals surface area contributed by atoms with Gasteiger partial charge >= 0.3 is 5.97 Å². The van der Waals surface area contributed by atoms with Gasteiger partial charge in [0.2, 0.25) is 5.91 Å². The zero-order valence-corrected chi connectivity index (χ0v) is 22.9. The van der Waals surface area contributed by atoms with E-state index in [0.717, 1.165) is 5.56 Å². The number of rotatable bonds is 6. The van der Waals surface area contributed by atoms with Crippen molar-refractivity contribution in [1.29, 1.82) is 0 Å². The van der Waals surface area contributed by atoms with Crippen LogP contribution in [0.5, 0.6) is 0 Å². The molecular weight excluding hydrogens is 490 g/mol. The number of aliphatic hydroxyl groups excluding tert-OH is 1. The van der Waals surface area contributed by atoms with Crippen LogP contribution in [0, 0.1) is 11.8 Å². The van der Waals surface area contributed by atoms with E-state index in [-0.39, 0.29) is 42.3 Å². The van der Waals surface area contributed by atoms with Crippen LogP contribution in [0.2, 0.25) is 0 Å². The number of ether oxygens (including phenoxy) is 1. The van der Waals surface area contributed by atoms with Crippen molar-refractivity contribution in [2.75, 3.05) is 0 Å². The molecular formula is C28H37N3O5S. The van der Waals surface area contributed by atoms with Crippen LogP contribution in [-0.2, 0) is 20.7 Å². The Labute approximate surface area is 222 Å². The maximum absolute atomic E-state index is 13.4. The third-order valence-electron chi connectivity index (χ3n) is 6.55. The first-order valence-corrected chi connectivity index (χ1v) is 13.6. The Bertz CT molecular complexity index is 1110. The Balaban J connectivity index is 2.03. The predicted octanol–water partition coefficient (Wildman–Crippen LogP) is 3.97. The molecule has 0 aliphatic carbocycles. The van der Waals surface area contributed by atoms with Gasteiger partial charge in [-0.1, -0.05) is 64.1 Å². The first kappa shape index (κ1) is 28.5. The summed E-state index contributed by atoms with van der Waals surface area (Å²) in [6.07, 6.45) is 1.36. The van der Waals surface area contributed by atoms with Gasteiger partial charge in [-0.25, -0.2) is 9.78 Å². The van der Waals surface area contributed by atoms with Crippen molar-refractivity contribution < 1.29 is 24.2 Å². The molecule has 1 aromatic carbocycles. The molecule has 0 fully saturated rings. The quantitative estimate of drug-likeness (QED) is 0.490. The lowest BCUT2D eigenvalue weighted by molar-refractivity contribution is -0.154. The minimum Gasteiger partial charge on any atom is -0.460 e. The molecule has 3 N–H and O–H groups in total. The van der Waals surface area contributed by atoms with Crippen LogP contribution in [-0.4, -0.2) is 46.1 Å². The average molecular weight is 528 g/mol. The largest absolute Gasteiger partial charge is 0.460 e. The molecule has 9 heteroatoms. The molecule has 0 saturated heterocycles. The zero-order chi connectivity index (χ0) is 27.1. The number of cyclic esters (lactones) is 1. The topological polar surface area (TPSA) is 118 Å². The monoisotopic (exact) mass is 527 g/mol. The van der Waals surface area contributed by atoms with Gasteiger partial charge in [0.15, 0.2) is 0 Å². The van der Waals surface area contributed by atoms with Crippen LogP contribution in [0.15, 0.2) is 47.4 Å². The second-order valence-corrected chi connectivity index (χ2v) is 10.9. The predicted molar refractivity (Wildman–Crippen MR) is 143 cm³/mol. The van der Waals surface area contributed by atoms with E-state index in [1.54, 1.807) is 18.4 Å². The molecule has 1 aliphatic rings. The van der Waals surface area contributed by atoms with Crippen LogP contribution >= 0.6 is 11.3 Å². The summed E-state index contributed by atoms with van der Waals surface area (Å²) in [5.74, 6) is -1.66. The average Bonchev–Trinajstić information content (AvgIpc) is 3.35. The number of hydrogen-bond acceptors (Lipinski definition) is 7. The first-order valence-electron chi connectivity index (χ1n) is 12.8. The molecule has 37 heavy (non-hydrogen) atoms. The van der Waals surface area contributed by atoms with Crippen LogP contribution in [0.4, 0.5) is 0 Å². The molecule has 8 nitrogen and oxygen atoms in total. The number of benzene rings is 1. The van der Waals surface area contributed by atoms with Gasteiger partial charge in [0, 0.05) is 29.7 Å². The van der Waals surface area contributed by atoms with E-state index in [4.69, 9.17) is 4.74 Å². The van der Waals surface area contributed by atoms with Crippen molar-refractivity contribution in [3.8, 4) is 0 Å². The summed E-state index contributed by atoms with van der Waals surface area (Å²) < 4.78 is 5.92. The number of amides is 2. The van der Waals surface area contributed by atoms with Crippen molar-refractivity contribution >= 4 is 29.1 Å². The van der Waals surface area contributed by atoms with Crippen LogP contribution in [0.1, 0.15) is 74.6 Å². The number of carbonyl (C=O) groups excluding carboxylic acids is 3. The SMILES string of the molecule is CCC(O)CC1OC(=O)C(Cc2ccccc2)NC(=O)c2csc(n2)C(C(C)C)NC(=O)C(C)=CC1C. The summed E-state index contributed by atoms with van der Waals surface area (Å²) in [5, 5.41) is 18.5. The molecule has 0 radical (unpaired) electrons. The van der Waals surface area contributed by atoms with Crippen molar-refractivity contribution in [1.82, 2.24) is 15.6 Å². The molecule has 5 atom stereocenters. The molecule has 2 bridgehead atoms. The number of esters is 1. The number of carbonyl (C=O) groups is 3. The highest BCUT2D eigenvalue weighted by Gasteiger charge is 2.31. The standard InChI is InChI=1S/C28H37N3O5S/c1-6-20(32)14-23-17(4)12-18(5)25(33)31-24(16(2)3)27-30-22(15-37-27)26(34)29-21(28(35)36-23)13-19-10-8-7-9-11-19/h7-12,15-17,20-21,23-24,32H,6,13-14H2,1-5H3,(H,29,34)(H,31,33). The van der Waals surface area contributed by atoms with E-state index in [1.807, 2.05) is 58.0 Å². The van der Waals surface area contributed by atoms with E-state index < -0.39 is 30.1 Å². The Morgan fingerprint density at radius 3 is 2.46 bits per heavy atom. The number of aliphatic hydroxyl groups is 1. The molecule has 2 amide bonds. The maximum Gasteiger partial charge on any atom is 0.329 e. The van der Waals surface area contributed by atoms with Gasteiger partial charge in [0.25, 0.3) is 5.91 Å². The summed E-state index contributed by atoms with van der Waals surface area (Å²) in [6, 6.07) is 8.05. The Morgan fingerprint density at radius 2 is 1.81 bits per heavy atom. The summed E-state index contributed by atoms with van der Waals surface area (Å²) >= 11 is 1.29. The molecule has 1 aliphatic heterocycles. The number of aromatic nitrogens is 1. The molecule has 3 rings (SSSR count). The minimum atomic E-state index is -0.954. The van der Waals surface area contributed by atoms with E-state index in [0.29, 0.717) is 17.0 Å². The molecule has 0 spiro atoms. The molecule has 5 unspecified atom stereocenters. The summed E-state index contributed by atoms with van der Waals surface area (Å²) in [4.78, 5) is 44.2. The van der Waals surface area contributed by atoms with Crippen molar-refractivity contribution in [2.24, 2.45) is 11.8 Å². The molecule has 1 aromatic heterocycles. The van der Waals surface area contributed by atoms with E-state index in [1.165, 1.54) is 11.3 Å². The number of fused-ring (bicyclic) bond motifs is 2. The van der Waals surface area contributed by atoms with Gasteiger partial charge in [-0.15, -0.1) is 11.3 Å². The van der Waals surface area contributed by atoms with Crippen molar-refractivity contribution in [2.45, 2.75) is 78.2 Å². The highest BCUT2D eigenvalue weighted by Crippen LogP contribution is 2.27. The summed E-state index contributed by atoms with van der Waals surface area (Å²) in [7, 11) is 0. The fourth-order valence-corrected chi connectivity index (χ4v) is 5.21. The van der Waals surface area contributed by atoms with Crippen LogP contribution in [0.3, 0.4) is 0 Å². The van der Waals surface area contributed by atoms with E-state index >= 15 is 0 Å². The van der Waals surface area contributed by atoms with Crippen molar-refractivity contribution in [3.05, 3.63) is 63.6 Å². The second kappa shape index (κ2) is 13.0. The van der Waals surface area contributed by atoms with Gasteiger partial charge in [-0.3, -0.25) is 9.59 Å².